The van der Waals surface area contributed by atoms with E-state index in [9.17, 15) is 0 Å². The van der Waals surface area contributed by atoms with Gasteiger partial charge in [0.2, 0.25) is 3.84 Å². The van der Waals surface area contributed by atoms with Crippen molar-refractivity contribution in [2.24, 2.45) is 0 Å². The third kappa shape index (κ3) is 17.6. The molecule has 0 rings (SSSR count). The molecular weight excluding hydrogens is 181 g/mol. The number of rotatable bonds is 2. The van der Waals surface area contributed by atoms with Crippen LogP contribution >= 0.6 is 0 Å². The molecule has 0 atom stereocenters. The van der Waals surface area contributed by atoms with E-state index in [4.69, 9.17) is 9.32 Å². The van der Waals surface area contributed by atoms with E-state index < -0.39 is 0 Å². The Labute approximate surface area is 117 Å². The fraction of sp³-hybridized carbons (Fsp3) is 0. The molecule has 0 aliphatic rings. The standard InChI is InChI=1S/Cl2O3.K.Na.2H/c3-1-5-2-4;;;;/q;2*+1;2*-1. The Hall–Kier alpha value is 3.10. The fourth-order valence-electron chi connectivity index (χ4n) is 0.00972. The van der Waals surface area contributed by atoms with Gasteiger partial charge in [0.05, 0.1) is 0 Å². The molecule has 0 amide bonds. The maximum Gasteiger partial charge on any atom is 1.00 e. The van der Waals surface area contributed by atoms with Crippen LogP contribution in [0.25, 0.3) is 0 Å². The Morgan fingerprint density at radius 1 is 1.29 bits per heavy atom. The van der Waals surface area contributed by atoms with E-state index in [1.165, 1.54) is 0 Å². The molecule has 0 fully saturated rings. The van der Waals surface area contributed by atoms with Crippen molar-refractivity contribution in [2.75, 3.05) is 0 Å². The first-order valence-corrected chi connectivity index (χ1v) is 1.85. The van der Waals surface area contributed by atoms with Gasteiger partial charge in [-0.25, -0.2) is 0 Å². The molecule has 0 unspecified atom stereocenters. The summed E-state index contributed by atoms with van der Waals surface area (Å²) < 4.78 is 21.3. The SMILES string of the molecule is [H-].[H-].[K+].[Na+].[O-][Cl+]O[Cl+][O-]. The van der Waals surface area contributed by atoms with Crippen LogP contribution in [0.3, 0.4) is 0 Å². The van der Waals surface area contributed by atoms with Gasteiger partial charge in [0.25, 0.3) is 0 Å². The van der Waals surface area contributed by atoms with Crippen LogP contribution in [0.5, 0.6) is 0 Å². The summed E-state index contributed by atoms with van der Waals surface area (Å²) in [6, 6.07) is 0. The number of hydrogen-bond donors (Lipinski definition) is 0. The average Bonchev–Trinajstić information content (AvgIpc) is 1.41. The molecule has 3 nitrogen and oxygen atoms in total. The molecule has 0 bridgehead atoms. The molecule has 7 heavy (non-hydrogen) atoms. The van der Waals surface area contributed by atoms with Crippen molar-refractivity contribution in [1.82, 2.24) is 0 Å². The summed E-state index contributed by atoms with van der Waals surface area (Å²) in [6.07, 6.45) is 0. The molecule has 36 valence electrons. The zero-order chi connectivity index (χ0) is 4.12. The summed E-state index contributed by atoms with van der Waals surface area (Å²) in [7, 11) is 0. The zero-order valence-corrected chi connectivity index (χ0v) is 10.6. The molecule has 7 heteroatoms. The summed E-state index contributed by atoms with van der Waals surface area (Å²) >= 11 is 0.299. The van der Waals surface area contributed by atoms with E-state index in [-0.39, 0.29) is 106 Å². The van der Waals surface area contributed by atoms with Crippen LogP contribution in [0.2, 0.25) is 0 Å². The Kier molecular flexibility index (Phi) is 38.0. The minimum atomic E-state index is 0. The van der Waals surface area contributed by atoms with Crippen molar-refractivity contribution in [3.05, 3.63) is 0 Å². The van der Waals surface area contributed by atoms with Crippen LogP contribution in [0.15, 0.2) is 0 Å². The van der Waals surface area contributed by atoms with E-state index in [1.807, 2.05) is 0 Å². The van der Waals surface area contributed by atoms with Gasteiger partial charge in [-0.1, -0.05) is 0 Å². The van der Waals surface area contributed by atoms with Gasteiger partial charge in [-0.15, -0.1) is 0 Å². The second kappa shape index (κ2) is 16.0. The van der Waals surface area contributed by atoms with E-state index in [1.54, 1.807) is 0 Å². The summed E-state index contributed by atoms with van der Waals surface area (Å²) in [5, 5.41) is 0. The van der Waals surface area contributed by atoms with Gasteiger partial charge < -0.3 is 12.2 Å². The summed E-state index contributed by atoms with van der Waals surface area (Å²) in [4.78, 5) is 0. The molecular formula is H2Cl2KNaO3. The predicted molar refractivity (Wildman–Crippen MR) is 3.31 cm³/mol. The van der Waals surface area contributed by atoms with Crippen LogP contribution < -0.4 is 90.3 Å². The quantitative estimate of drug-likeness (QED) is 0.399. The largest absolute Gasteiger partial charge is 1.00 e. The van der Waals surface area contributed by atoms with Crippen LogP contribution in [0, 0.1) is 22.7 Å². The molecule has 0 heterocycles. The second-order valence-electron chi connectivity index (χ2n) is 0.184. The molecule has 0 saturated heterocycles. The van der Waals surface area contributed by atoms with Crippen LogP contribution in [0.4, 0.5) is 0 Å². The van der Waals surface area contributed by atoms with Gasteiger partial charge in [0.15, 0.2) is 0 Å². The second-order valence-corrected chi connectivity index (χ2v) is 0.903. The smallest absolute Gasteiger partial charge is 1.00 e. The molecule has 0 aliphatic heterocycles. The average molecular weight is 183 g/mol. The Balaban J connectivity index is -0.0000000133. The fourth-order valence-corrected chi connectivity index (χ4v) is 0.0875. The van der Waals surface area contributed by atoms with Gasteiger partial charge in [-0.05, 0) is 0 Å². The predicted octanol–water partition coefficient (Wildman–Crippen LogP) is -8.21. The first kappa shape index (κ1) is 16.6. The Morgan fingerprint density at radius 3 is 1.57 bits per heavy atom. The minimum absolute atomic E-state index is 0. The Morgan fingerprint density at radius 2 is 1.57 bits per heavy atom. The third-order valence-corrected chi connectivity index (χ3v) is 0.429. The van der Waals surface area contributed by atoms with E-state index in [0.717, 1.165) is 0 Å². The molecule has 0 N–H and O–H groups in total. The first-order valence-electron chi connectivity index (χ1n) is 0.617. The minimum Gasteiger partial charge on any atom is -1.00 e. The van der Waals surface area contributed by atoms with Crippen molar-refractivity contribution < 1.29 is 120 Å². The van der Waals surface area contributed by atoms with Crippen LogP contribution in [-0.2, 0) is 3.84 Å². The Bertz CT molecular complexity index is 27.3. The summed E-state index contributed by atoms with van der Waals surface area (Å²) in [5.41, 5.74) is 0. The third-order valence-electron chi connectivity index (χ3n) is 0.0476. The zero-order valence-electron chi connectivity index (χ0n) is 5.98. The monoisotopic (exact) mass is 182 g/mol. The molecule has 0 saturated carbocycles. The maximum atomic E-state index is 8.93. The number of halogens is 2. The van der Waals surface area contributed by atoms with Gasteiger partial charge in [0.1, 0.15) is 0 Å². The molecule has 0 aromatic rings. The van der Waals surface area contributed by atoms with Crippen LogP contribution in [0.1, 0.15) is 2.85 Å². The maximum absolute atomic E-state index is 8.93. The van der Waals surface area contributed by atoms with Gasteiger partial charge >= 0.3 is 104 Å². The normalized spacial score (nSPS) is 6.00. The molecule has 0 aromatic heterocycles. The van der Waals surface area contributed by atoms with Gasteiger partial charge in [-0.2, -0.15) is 0 Å². The number of hydrogen-bond acceptors (Lipinski definition) is 3. The van der Waals surface area contributed by atoms with Crippen molar-refractivity contribution in [2.45, 2.75) is 0 Å². The summed E-state index contributed by atoms with van der Waals surface area (Å²) in [5.74, 6) is 0. The van der Waals surface area contributed by atoms with Crippen LogP contribution in [-0.4, -0.2) is 0 Å². The van der Waals surface area contributed by atoms with Gasteiger partial charge in [0, 0.05) is 0 Å². The van der Waals surface area contributed by atoms with Crippen molar-refractivity contribution in [1.29, 1.82) is 0 Å². The first-order chi connectivity index (χ1) is 2.41. The van der Waals surface area contributed by atoms with Crippen molar-refractivity contribution >= 4 is 0 Å². The topological polar surface area (TPSA) is 55.3 Å². The molecule has 0 radical (unpaired) electrons. The molecule has 0 spiro atoms. The van der Waals surface area contributed by atoms with E-state index in [2.05, 4.69) is 3.84 Å². The van der Waals surface area contributed by atoms with Gasteiger partial charge in [-0.3, -0.25) is 0 Å². The molecule has 0 aliphatic carbocycles. The van der Waals surface area contributed by atoms with Crippen molar-refractivity contribution in [3.8, 4) is 0 Å². The summed E-state index contributed by atoms with van der Waals surface area (Å²) in [6.45, 7) is 0. The molecule has 0 aromatic carbocycles. The van der Waals surface area contributed by atoms with E-state index in [0.29, 0.717) is 0 Å². The van der Waals surface area contributed by atoms with Crippen molar-refractivity contribution in [3.63, 3.8) is 0 Å². The van der Waals surface area contributed by atoms with E-state index >= 15 is 0 Å².